The number of carbonyl (C=O) groups excluding carboxylic acids is 1. The summed E-state index contributed by atoms with van der Waals surface area (Å²) in [5.41, 5.74) is 4.58. The number of nitrogens with zero attached hydrogens (tertiary/aromatic N) is 3. The Morgan fingerprint density at radius 3 is 2.65 bits per heavy atom. The fourth-order valence-electron chi connectivity index (χ4n) is 3.81. The van der Waals surface area contributed by atoms with Crippen molar-refractivity contribution in [2.45, 2.75) is 17.8 Å². The predicted molar refractivity (Wildman–Crippen MR) is 139 cm³/mol. The number of carbonyl (C=O) groups is 1. The van der Waals surface area contributed by atoms with Crippen LogP contribution in [0.25, 0.3) is 32.2 Å². The molecule has 0 spiro atoms. The van der Waals surface area contributed by atoms with Crippen molar-refractivity contribution in [3.8, 4) is 11.3 Å². The molecule has 2 aromatic heterocycles. The van der Waals surface area contributed by atoms with Crippen molar-refractivity contribution >= 4 is 50.0 Å². The third-order valence-electron chi connectivity index (χ3n) is 5.66. The predicted octanol–water partition coefficient (Wildman–Crippen LogP) is 4.93. The maximum absolute atomic E-state index is 12.5. The minimum atomic E-state index is -0.121. The molecule has 170 valence electrons. The zero-order valence-electron chi connectivity index (χ0n) is 18.7. The van der Waals surface area contributed by atoms with E-state index in [2.05, 4.69) is 15.4 Å². The number of fused-ring (bicyclic) bond motifs is 2. The van der Waals surface area contributed by atoms with E-state index in [0.29, 0.717) is 17.7 Å². The molecule has 0 aliphatic carbocycles. The number of rotatable bonds is 6. The highest BCUT2D eigenvalue weighted by Gasteiger charge is 2.13. The molecule has 6 nitrogen and oxygen atoms in total. The van der Waals surface area contributed by atoms with Gasteiger partial charge in [0.15, 0.2) is 4.34 Å². The van der Waals surface area contributed by atoms with E-state index in [1.807, 2.05) is 73.7 Å². The largest absolute Gasteiger partial charge is 0.351 e. The third-order valence-corrected chi connectivity index (χ3v) is 7.84. The van der Waals surface area contributed by atoms with Crippen molar-refractivity contribution in [3.63, 3.8) is 0 Å². The number of hydrogen-bond acceptors (Lipinski definition) is 6. The number of thiazole rings is 1. The fraction of sp³-hybridized carbons (Fsp3) is 0.154. The van der Waals surface area contributed by atoms with E-state index in [9.17, 15) is 9.59 Å². The van der Waals surface area contributed by atoms with E-state index in [0.717, 1.165) is 42.3 Å². The smallest absolute Gasteiger partial charge is 0.274 e. The zero-order chi connectivity index (χ0) is 23.7. The van der Waals surface area contributed by atoms with Crippen LogP contribution >= 0.6 is 23.1 Å². The lowest BCUT2D eigenvalue weighted by atomic mass is 10.00. The van der Waals surface area contributed by atoms with Crippen molar-refractivity contribution in [2.75, 3.05) is 5.75 Å². The van der Waals surface area contributed by atoms with Crippen LogP contribution in [0, 0.1) is 6.92 Å². The number of benzene rings is 3. The molecule has 34 heavy (non-hydrogen) atoms. The molecule has 0 radical (unpaired) electrons. The van der Waals surface area contributed by atoms with Crippen LogP contribution in [0.1, 0.15) is 11.1 Å². The van der Waals surface area contributed by atoms with Crippen LogP contribution in [0.2, 0.25) is 0 Å². The molecule has 0 fully saturated rings. The topological polar surface area (TPSA) is 76.9 Å². The Bertz CT molecular complexity index is 1560. The minimum Gasteiger partial charge on any atom is -0.351 e. The molecule has 0 saturated heterocycles. The van der Waals surface area contributed by atoms with Crippen molar-refractivity contribution < 1.29 is 4.79 Å². The van der Waals surface area contributed by atoms with Gasteiger partial charge in [-0.25, -0.2) is 9.67 Å². The Labute approximate surface area is 204 Å². The Morgan fingerprint density at radius 2 is 1.82 bits per heavy atom. The first-order valence-electron chi connectivity index (χ1n) is 10.8. The molecule has 2 heterocycles. The molecular weight excluding hydrogens is 464 g/mol. The third kappa shape index (κ3) is 4.47. The molecule has 1 amide bonds. The van der Waals surface area contributed by atoms with Gasteiger partial charge in [-0.05, 0) is 42.3 Å². The highest BCUT2D eigenvalue weighted by atomic mass is 32.2. The molecule has 3 aromatic carbocycles. The second kappa shape index (κ2) is 9.40. The molecule has 0 unspecified atom stereocenters. The number of nitrogens with one attached hydrogen (secondary N) is 1. The summed E-state index contributed by atoms with van der Waals surface area (Å²) in [5, 5.41) is 9.00. The van der Waals surface area contributed by atoms with E-state index in [4.69, 9.17) is 0 Å². The lowest BCUT2D eigenvalue weighted by molar-refractivity contribution is -0.118. The molecule has 0 bridgehead atoms. The van der Waals surface area contributed by atoms with Gasteiger partial charge in [-0.1, -0.05) is 54.2 Å². The van der Waals surface area contributed by atoms with Crippen molar-refractivity contribution in [1.29, 1.82) is 0 Å². The van der Waals surface area contributed by atoms with Crippen LogP contribution in [0.15, 0.2) is 75.9 Å². The Hall–Kier alpha value is -3.49. The standard InChI is InChI=1S/C26H22N4O2S2/c1-16-11-12-17(24-19-7-3-4-8-20(19)25(32)30(2)29-24)13-18(16)14-27-23(31)15-33-26-28-21-9-5-6-10-22(21)34-26/h3-13H,14-15H2,1-2H3,(H,27,31). The van der Waals surface area contributed by atoms with Crippen LogP contribution in [-0.2, 0) is 18.4 Å². The molecular formula is C26H22N4O2S2. The number of hydrogen-bond donors (Lipinski definition) is 1. The van der Waals surface area contributed by atoms with Gasteiger partial charge in [-0.3, -0.25) is 9.59 Å². The summed E-state index contributed by atoms with van der Waals surface area (Å²) in [6, 6.07) is 21.5. The second-order valence-corrected chi connectivity index (χ2v) is 10.2. The van der Waals surface area contributed by atoms with Gasteiger partial charge in [0.2, 0.25) is 5.91 Å². The quantitative estimate of drug-likeness (QED) is 0.345. The summed E-state index contributed by atoms with van der Waals surface area (Å²) in [4.78, 5) is 29.6. The van der Waals surface area contributed by atoms with Crippen molar-refractivity contribution in [1.82, 2.24) is 20.1 Å². The molecule has 5 aromatic rings. The summed E-state index contributed by atoms with van der Waals surface area (Å²) in [6.45, 7) is 2.44. The lowest BCUT2D eigenvalue weighted by Gasteiger charge is -2.12. The van der Waals surface area contributed by atoms with Crippen molar-refractivity contribution in [3.05, 3.63) is 88.2 Å². The van der Waals surface area contributed by atoms with Crippen molar-refractivity contribution in [2.24, 2.45) is 7.05 Å². The van der Waals surface area contributed by atoms with Crippen LogP contribution in [0.4, 0.5) is 0 Å². The number of aryl methyl sites for hydroxylation is 2. The van der Waals surface area contributed by atoms with Gasteiger partial charge in [0, 0.05) is 24.5 Å². The average Bonchev–Trinajstić information content (AvgIpc) is 3.28. The monoisotopic (exact) mass is 486 g/mol. The first kappa shape index (κ1) is 22.3. The second-order valence-electron chi connectivity index (χ2n) is 7.98. The normalized spacial score (nSPS) is 11.2. The summed E-state index contributed by atoms with van der Waals surface area (Å²) >= 11 is 3.05. The van der Waals surface area contributed by atoms with E-state index in [-0.39, 0.29) is 11.5 Å². The first-order valence-corrected chi connectivity index (χ1v) is 12.6. The number of amides is 1. The van der Waals surface area contributed by atoms with Crippen LogP contribution in [-0.4, -0.2) is 26.4 Å². The Balaban J connectivity index is 1.32. The van der Waals surface area contributed by atoms with Crippen LogP contribution in [0.5, 0.6) is 0 Å². The molecule has 0 saturated carbocycles. The van der Waals surface area contributed by atoms with Gasteiger partial charge >= 0.3 is 0 Å². The average molecular weight is 487 g/mol. The van der Waals surface area contributed by atoms with E-state index in [1.54, 1.807) is 18.4 Å². The van der Waals surface area contributed by atoms with Gasteiger partial charge in [-0.2, -0.15) is 5.10 Å². The van der Waals surface area contributed by atoms with Gasteiger partial charge < -0.3 is 5.32 Å². The number of aromatic nitrogens is 3. The molecule has 0 atom stereocenters. The maximum atomic E-state index is 12.5. The van der Waals surface area contributed by atoms with E-state index in [1.165, 1.54) is 16.4 Å². The van der Waals surface area contributed by atoms with E-state index >= 15 is 0 Å². The zero-order valence-corrected chi connectivity index (χ0v) is 20.4. The Kier molecular flexibility index (Phi) is 6.17. The molecule has 5 rings (SSSR count). The molecule has 8 heteroatoms. The number of para-hydroxylation sites is 1. The number of thioether (sulfide) groups is 1. The minimum absolute atomic E-state index is 0.0419. The molecule has 1 N–H and O–H groups in total. The first-order chi connectivity index (χ1) is 16.5. The Morgan fingerprint density at radius 1 is 1.06 bits per heavy atom. The van der Waals surface area contributed by atoms with Gasteiger partial charge in [0.1, 0.15) is 0 Å². The van der Waals surface area contributed by atoms with Gasteiger partial charge in [-0.15, -0.1) is 11.3 Å². The highest BCUT2D eigenvalue weighted by Crippen LogP contribution is 2.29. The van der Waals surface area contributed by atoms with Gasteiger partial charge in [0.05, 0.1) is 27.0 Å². The SMILES string of the molecule is Cc1ccc(-c2nn(C)c(=O)c3ccccc23)cc1CNC(=O)CSc1nc2ccccc2s1. The van der Waals surface area contributed by atoms with Crippen LogP contribution < -0.4 is 10.9 Å². The summed E-state index contributed by atoms with van der Waals surface area (Å²) in [7, 11) is 1.66. The molecule has 0 aliphatic heterocycles. The lowest BCUT2D eigenvalue weighted by Crippen LogP contribution is -2.25. The summed E-state index contributed by atoms with van der Waals surface area (Å²) in [6.07, 6.45) is 0. The highest BCUT2D eigenvalue weighted by molar-refractivity contribution is 8.01. The summed E-state index contributed by atoms with van der Waals surface area (Å²) < 4.78 is 3.39. The van der Waals surface area contributed by atoms with Crippen LogP contribution in [0.3, 0.4) is 0 Å². The van der Waals surface area contributed by atoms with Gasteiger partial charge in [0.25, 0.3) is 5.56 Å². The molecule has 0 aliphatic rings. The fourth-order valence-corrected chi connectivity index (χ4v) is 5.71. The van der Waals surface area contributed by atoms with E-state index < -0.39 is 0 Å². The summed E-state index contributed by atoms with van der Waals surface area (Å²) in [5.74, 6) is 0.269. The maximum Gasteiger partial charge on any atom is 0.274 e.